The van der Waals surface area contributed by atoms with Crippen molar-refractivity contribution in [3.8, 4) is 6.01 Å². The van der Waals surface area contributed by atoms with Crippen LogP contribution in [0.3, 0.4) is 0 Å². The van der Waals surface area contributed by atoms with E-state index in [1.54, 1.807) is 12.4 Å². The standard InChI is InChI=1S/C14H12N4O/c15-13-11-3-1-2-4-12(11)17-14(18-13)19-9-10-5-7-16-8-6-10/h1-8H,9H2,(H2,15,17,18). The number of hydrogen-bond acceptors (Lipinski definition) is 5. The highest BCUT2D eigenvalue weighted by Crippen LogP contribution is 2.20. The van der Waals surface area contributed by atoms with Crippen molar-refractivity contribution >= 4 is 16.7 Å². The third-order valence-electron chi connectivity index (χ3n) is 2.73. The molecule has 2 aromatic heterocycles. The summed E-state index contributed by atoms with van der Waals surface area (Å²) in [5.41, 5.74) is 7.67. The van der Waals surface area contributed by atoms with Crippen LogP contribution in [0.1, 0.15) is 5.56 Å². The molecule has 0 spiro atoms. The lowest BCUT2D eigenvalue weighted by molar-refractivity contribution is 0.282. The van der Waals surface area contributed by atoms with Gasteiger partial charge in [0.25, 0.3) is 0 Å². The lowest BCUT2D eigenvalue weighted by atomic mass is 10.2. The molecule has 3 aromatic rings. The van der Waals surface area contributed by atoms with Crippen molar-refractivity contribution in [2.24, 2.45) is 0 Å². The molecule has 0 unspecified atom stereocenters. The van der Waals surface area contributed by atoms with Gasteiger partial charge in [-0.2, -0.15) is 9.97 Å². The molecule has 0 amide bonds. The highest BCUT2D eigenvalue weighted by molar-refractivity contribution is 5.88. The summed E-state index contributed by atoms with van der Waals surface area (Å²) in [6, 6.07) is 11.6. The average molecular weight is 252 g/mol. The van der Waals surface area contributed by atoms with Gasteiger partial charge in [0.15, 0.2) is 0 Å². The number of anilines is 1. The zero-order chi connectivity index (χ0) is 13.1. The molecule has 2 N–H and O–H groups in total. The molecule has 0 atom stereocenters. The lowest BCUT2D eigenvalue weighted by Gasteiger charge is -2.06. The third kappa shape index (κ3) is 2.44. The van der Waals surface area contributed by atoms with E-state index in [2.05, 4.69) is 15.0 Å². The molecule has 0 fully saturated rings. The average Bonchev–Trinajstić information content (AvgIpc) is 2.46. The Kier molecular flexibility index (Phi) is 2.94. The zero-order valence-corrected chi connectivity index (χ0v) is 10.2. The van der Waals surface area contributed by atoms with Crippen LogP contribution in [0.2, 0.25) is 0 Å². The third-order valence-corrected chi connectivity index (χ3v) is 2.73. The molecule has 0 saturated carbocycles. The maximum Gasteiger partial charge on any atom is 0.319 e. The molecule has 3 rings (SSSR count). The number of ether oxygens (including phenoxy) is 1. The summed E-state index contributed by atoms with van der Waals surface area (Å²) in [7, 11) is 0. The van der Waals surface area contributed by atoms with E-state index in [4.69, 9.17) is 10.5 Å². The van der Waals surface area contributed by atoms with Crippen molar-refractivity contribution in [2.75, 3.05) is 5.73 Å². The van der Waals surface area contributed by atoms with Gasteiger partial charge in [0.05, 0.1) is 5.52 Å². The van der Waals surface area contributed by atoms with E-state index in [1.165, 1.54) is 0 Å². The van der Waals surface area contributed by atoms with Gasteiger partial charge in [0.2, 0.25) is 0 Å². The second-order valence-corrected chi connectivity index (χ2v) is 4.05. The molecular formula is C14H12N4O. The van der Waals surface area contributed by atoms with Crippen molar-refractivity contribution in [1.82, 2.24) is 15.0 Å². The molecule has 0 saturated heterocycles. The first kappa shape index (κ1) is 11.4. The van der Waals surface area contributed by atoms with Gasteiger partial charge in [-0.1, -0.05) is 12.1 Å². The highest BCUT2D eigenvalue weighted by atomic mass is 16.5. The number of nitrogens with zero attached hydrogens (tertiary/aromatic N) is 3. The van der Waals surface area contributed by atoms with Crippen LogP contribution >= 0.6 is 0 Å². The van der Waals surface area contributed by atoms with Crippen LogP contribution in [0.25, 0.3) is 10.9 Å². The van der Waals surface area contributed by atoms with E-state index in [1.807, 2.05) is 36.4 Å². The maximum atomic E-state index is 5.88. The van der Waals surface area contributed by atoms with Crippen LogP contribution in [-0.4, -0.2) is 15.0 Å². The minimum Gasteiger partial charge on any atom is -0.459 e. The van der Waals surface area contributed by atoms with Gasteiger partial charge >= 0.3 is 6.01 Å². The Labute approximate surface area is 110 Å². The molecule has 1 aromatic carbocycles. The Hall–Kier alpha value is -2.69. The first-order chi connectivity index (χ1) is 9.33. The smallest absolute Gasteiger partial charge is 0.319 e. The Bertz CT molecular complexity index is 700. The lowest BCUT2D eigenvalue weighted by Crippen LogP contribution is -2.02. The molecule has 94 valence electrons. The molecule has 0 aliphatic heterocycles. The predicted octanol–water partition coefficient (Wildman–Crippen LogP) is 2.19. The second kappa shape index (κ2) is 4.89. The Balaban J connectivity index is 1.85. The van der Waals surface area contributed by atoms with Crippen molar-refractivity contribution in [3.05, 3.63) is 54.4 Å². The number of rotatable bonds is 3. The maximum absolute atomic E-state index is 5.88. The van der Waals surface area contributed by atoms with Crippen LogP contribution in [0, 0.1) is 0 Å². The fraction of sp³-hybridized carbons (Fsp3) is 0.0714. The van der Waals surface area contributed by atoms with Gasteiger partial charge < -0.3 is 10.5 Å². The largest absolute Gasteiger partial charge is 0.459 e. The van der Waals surface area contributed by atoms with Crippen molar-refractivity contribution in [3.63, 3.8) is 0 Å². The first-order valence-corrected chi connectivity index (χ1v) is 5.87. The van der Waals surface area contributed by atoms with Gasteiger partial charge in [-0.15, -0.1) is 0 Å². The van der Waals surface area contributed by atoms with Crippen LogP contribution < -0.4 is 10.5 Å². The summed E-state index contributed by atoms with van der Waals surface area (Å²) in [5.74, 6) is 0.426. The van der Waals surface area contributed by atoms with Crippen molar-refractivity contribution in [2.45, 2.75) is 6.61 Å². The molecule has 2 heterocycles. The van der Waals surface area contributed by atoms with Gasteiger partial charge in [0.1, 0.15) is 12.4 Å². The minimum atomic E-state index is 0.285. The van der Waals surface area contributed by atoms with E-state index >= 15 is 0 Å². The number of fused-ring (bicyclic) bond motifs is 1. The summed E-state index contributed by atoms with van der Waals surface area (Å²) in [6.45, 7) is 0.389. The quantitative estimate of drug-likeness (QED) is 0.773. The van der Waals surface area contributed by atoms with Crippen LogP contribution in [-0.2, 0) is 6.61 Å². The monoisotopic (exact) mass is 252 g/mol. The predicted molar refractivity (Wildman–Crippen MR) is 72.5 cm³/mol. The molecule has 5 nitrogen and oxygen atoms in total. The molecular weight excluding hydrogens is 240 g/mol. The van der Waals surface area contributed by atoms with E-state index in [0.717, 1.165) is 16.5 Å². The number of hydrogen-bond donors (Lipinski definition) is 1. The normalized spacial score (nSPS) is 10.5. The minimum absolute atomic E-state index is 0.285. The van der Waals surface area contributed by atoms with Crippen molar-refractivity contribution in [1.29, 1.82) is 0 Å². The molecule has 5 heteroatoms. The van der Waals surface area contributed by atoms with Crippen molar-refractivity contribution < 1.29 is 4.74 Å². The fourth-order valence-electron chi connectivity index (χ4n) is 1.77. The first-order valence-electron chi connectivity index (χ1n) is 5.87. The molecule has 0 aliphatic rings. The summed E-state index contributed by atoms with van der Waals surface area (Å²) in [5, 5.41) is 0.832. The van der Waals surface area contributed by atoms with Crippen LogP contribution in [0.4, 0.5) is 5.82 Å². The number of aromatic nitrogens is 3. The van der Waals surface area contributed by atoms with E-state index in [-0.39, 0.29) is 6.01 Å². The van der Waals surface area contributed by atoms with E-state index in [0.29, 0.717) is 12.4 Å². The fourth-order valence-corrected chi connectivity index (χ4v) is 1.77. The zero-order valence-electron chi connectivity index (χ0n) is 10.2. The molecule has 0 bridgehead atoms. The highest BCUT2D eigenvalue weighted by Gasteiger charge is 2.05. The summed E-state index contributed by atoms with van der Waals surface area (Å²) in [4.78, 5) is 12.4. The van der Waals surface area contributed by atoms with Gasteiger partial charge in [-0.05, 0) is 29.8 Å². The van der Waals surface area contributed by atoms with E-state index < -0.39 is 0 Å². The van der Waals surface area contributed by atoms with Gasteiger partial charge in [-0.25, -0.2) is 0 Å². The Morgan fingerprint density at radius 3 is 2.63 bits per heavy atom. The summed E-state index contributed by atoms with van der Waals surface area (Å²) < 4.78 is 5.55. The van der Waals surface area contributed by atoms with Gasteiger partial charge in [-0.3, -0.25) is 4.98 Å². The van der Waals surface area contributed by atoms with E-state index in [9.17, 15) is 0 Å². The van der Waals surface area contributed by atoms with Gasteiger partial charge in [0, 0.05) is 17.8 Å². The molecule has 0 aliphatic carbocycles. The Morgan fingerprint density at radius 2 is 1.79 bits per heavy atom. The number of nitrogens with two attached hydrogens (primary N) is 1. The number of benzene rings is 1. The number of para-hydroxylation sites is 1. The molecule has 0 radical (unpaired) electrons. The number of nitrogen functional groups attached to an aromatic ring is 1. The number of pyridine rings is 1. The molecule has 19 heavy (non-hydrogen) atoms. The topological polar surface area (TPSA) is 73.9 Å². The second-order valence-electron chi connectivity index (χ2n) is 4.05. The SMILES string of the molecule is Nc1nc(OCc2ccncc2)nc2ccccc12. The summed E-state index contributed by atoms with van der Waals surface area (Å²) >= 11 is 0. The Morgan fingerprint density at radius 1 is 1.00 bits per heavy atom. The summed E-state index contributed by atoms with van der Waals surface area (Å²) in [6.07, 6.45) is 3.43. The van der Waals surface area contributed by atoms with Crippen LogP contribution in [0.15, 0.2) is 48.8 Å². The van der Waals surface area contributed by atoms with Crippen LogP contribution in [0.5, 0.6) is 6.01 Å².